The maximum absolute atomic E-state index is 12.1. The smallest absolute Gasteiger partial charge is 0.233 e. The maximum atomic E-state index is 12.1. The lowest BCUT2D eigenvalue weighted by molar-refractivity contribution is -0.120. The topological polar surface area (TPSA) is 55.1 Å². The number of rotatable bonds is 4. The van der Waals surface area contributed by atoms with Crippen LogP contribution in [-0.4, -0.2) is 17.2 Å². The van der Waals surface area contributed by atoms with Gasteiger partial charge in [0.25, 0.3) is 0 Å². The van der Waals surface area contributed by atoms with Gasteiger partial charge in [-0.15, -0.1) is 11.8 Å². The molecular formula is C14H19ClN2OS. The molecule has 0 bridgehead atoms. The van der Waals surface area contributed by atoms with Crippen molar-refractivity contribution in [2.45, 2.75) is 48.8 Å². The molecule has 1 aliphatic rings. The van der Waals surface area contributed by atoms with Crippen LogP contribution < -0.4 is 11.1 Å². The van der Waals surface area contributed by atoms with E-state index in [1.807, 2.05) is 13.0 Å². The van der Waals surface area contributed by atoms with Crippen LogP contribution in [0.2, 0.25) is 5.02 Å². The predicted octanol–water partition coefficient (Wildman–Crippen LogP) is 3.46. The van der Waals surface area contributed by atoms with E-state index in [0.717, 1.165) is 17.7 Å². The van der Waals surface area contributed by atoms with E-state index in [4.69, 9.17) is 17.3 Å². The Morgan fingerprint density at radius 1 is 1.47 bits per heavy atom. The van der Waals surface area contributed by atoms with E-state index < -0.39 is 0 Å². The van der Waals surface area contributed by atoms with E-state index in [9.17, 15) is 4.79 Å². The molecule has 0 heterocycles. The van der Waals surface area contributed by atoms with Crippen molar-refractivity contribution in [3.8, 4) is 0 Å². The molecule has 3 N–H and O–H groups in total. The molecule has 2 rings (SSSR count). The molecule has 1 unspecified atom stereocenters. The number of nitrogens with two attached hydrogens (primary N) is 1. The Morgan fingerprint density at radius 3 is 2.79 bits per heavy atom. The first-order valence-electron chi connectivity index (χ1n) is 6.58. The van der Waals surface area contributed by atoms with Crippen LogP contribution in [0.15, 0.2) is 23.1 Å². The molecule has 5 heteroatoms. The highest BCUT2D eigenvalue weighted by Gasteiger charge is 2.21. The fourth-order valence-corrected chi connectivity index (χ4v) is 3.34. The van der Waals surface area contributed by atoms with E-state index in [-0.39, 0.29) is 11.2 Å². The summed E-state index contributed by atoms with van der Waals surface area (Å²) in [4.78, 5) is 13.0. The van der Waals surface area contributed by atoms with Crippen molar-refractivity contribution in [2.24, 2.45) is 0 Å². The molecule has 0 spiro atoms. The van der Waals surface area contributed by atoms with E-state index in [2.05, 4.69) is 5.32 Å². The monoisotopic (exact) mass is 298 g/mol. The van der Waals surface area contributed by atoms with Gasteiger partial charge in [-0.2, -0.15) is 0 Å². The number of amides is 1. The van der Waals surface area contributed by atoms with Gasteiger partial charge >= 0.3 is 0 Å². The lowest BCUT2D eigenvalue weighted by Crippen LogP contribution is -2.37. The molecule has 0 radical (unpaired) electrons. The molecule has 1 saturated carbocycles. The van der Waals surface area contributed by atoms with Gasteiger partial charge in [0.1, 0.15) is 0 Å². The number of nitrogen functional groups attached to an aromatic ring is 1. The van der Waals surface area contributed by atoms with Gasteiger partial charge in [-0.05, 0) is 38.0 Å². The lowest BCUT2D eigenvalue weighted by atomic mass is 10.2. The molecule has 1 aromatic rings. The van der Waals surface area contributed by atoms with Gasteiger partial charge < -0.3 is 11.1 Å². The van der Waals surface area contributed by atoms with Crippen molar-refractivity contribution in [2.75, 3.05) is 5.73 Å². The average molecular weight is 299 g/mol. The van der Waals surface area contributed by atoms with Gasteiger partial charge in [0, 0.05) is 21.6 Å². The molecule has 1 fully saturated rings. The first kappa shape index (κ1) is 14.5. The number of benzene rings is 1. The van der Waals surface area contributed by atoms with Gasteiger partial charge in [-0.3, -0.25) is 4.79 Å². The number of thioether (sulfide) groups is 1. The maximum Gasteiger partial charge on any atom is 0.233 e. The Morgan fingerprint density at radius 2 is 2.16 bits per heavy atom. The molecular weight excluding hydrogens is 280 g/mol. The Kier molecular flexibility index (Phi) is 4.99. The predicted molar refractivity (Wildman–Crippen MR) is 81.6 cm³/mol. The minimum atomic E-state index is -0.149. The highest BCUT2D eigenvalue weighted by molar-refractivity contribution is 8.00. The van der Waals surface area contributed by atoms with E-state index in [1.165, 1.54) is 24.6 Å². The summed E-state index contributed by atoms with van der Waals surface area (Å²) >= 11 is 7.34. The second-order valence-corrected chi connectivity index (χ2v) is 6.75. The van der Waals surface area contributed by atoms with Gasteiger partial charge in [-0.25, -0.2) is 0 Å². The molecule has 104 valence electrons. The van der Waals surface area contributed by atoms with E-state index in [0.29, 0.717) is 16.8 Å². The standard InChI is InChI=1S/C14H19ClN2OS/c1-9(14(18)17-11-4-2-3-5-11)19-13-7-6-10(15)8-12(13)16/h6-9,11H,2-5,16H2,1H3,(H,17,18). The fraction of sp³-hybridized carbons (Fsp3) is 0.500. The number of halogens is 1. The van der Waals surface area contributed by atoms with E-state index >= 15 is 0 Å². The SMILES string of the molecule is CC(Sc1ccc(Cl)cc1N)C(=O)NC1CCCC1. The zero-order valence-electron chi connectivity index (χ0n) is 11.0. The first-order valence-corrected chi connectivity index (χ1v) is 7.84. The van der Waals surface area contributed by atoms with Gasteiger partial charge in [-0.1, -0.05) is 24.4 Å². The van der Waals surface area contributed by atoms with Crippen LogP contribution in [0.3, 0.4) is 0 Å². The number of hydrogen-bond donors (Lipinski definition) is 2. The van der Waals surface area contributed by atoms with Crippen molar-refractivity contribution in [1.29, 1.82) is 0 Å². The number of carbonyl (C=O) groups excluding carboxylic acids is 1. The molecule has 1 atom stereocenters. The minimum Gasteiger partial charge on any atom is -0.398 e. The summed E-state index contributed by atoms with van der Waals surface area (Å²) in [5.74, 6) is 0.0891. The third-order valence-corrected chi connectivity index (χ3v) is 4.77. The molecule has 0 saturated heterocycles. The number of hydrogen-bond acceptors (Lipinski definition) is 3. The number of anilines is 1. The molecule has 3 nitrogen and oxygen atoms in total. The Bertz CT molecular complexity index is 461. The van der Waals surface area contributed by atoms with E-state index in [1.54, 1.807) is 12.1 Å². The second-order valence-electron chi connectivity index (χ2n) is 4.93. The lowest BCUT2D eigenvalue weighted by Gasteiger charge is -2.17. The second kappa shape index (κ2) is 6.53. The molecule has 0 aromatic heterocycles. The molecule has 19 heavy (non-hydrogen) atoms. The Balaban J connectivity index is 1.92. The summed E-state index contributed by atoms with van der Waals surface area (Å²) in [5, 5.41) is 3.57. The van der Waals surface area contributed by atoms with Crippen LogP contribution >= 0.6 is 23.4 Å². The molecule has 0 aliphatic heterocycles. The largest absolute Gasteiger partial charge is 0.398 e. The van der Waals surface area contributed by atoms with Crippen LogP contribution in [0.4, 0.5) is 5.69 Å². The highest BCUT2D eigenvalue weighted by atomic mass is 35.5. The Hall–Kier alpha value is -0.870. The first-order chi connectivity index (χ1) is 9.06. The van der Waals surface area contributed by atoms with Crippen LogP contribution in [0.25, 0.3) is 0 Å². The van der Waals surface area contributed by atoms with Gasteiger partial charge in [0.2, 0.25) is 5.91 Å². The van der Waals surface area contributed by atoms with Crippen molar-refractivity contribution >= 4 is 35.0 Å². The third-order valence-electron chi connectivity index (χ3n) is 3.35. The zero-order chi connectivity index (χ0) is 13.8. The number of carbonyl (C=O) groups is 1. The Labute approximate surface area is 123 Å². The average Bonchev–Trinajstić information content (AvgIpc) is 2.85. The van der Waals surface area contributed by atoms with Crippen LogP contribution in [0.5, 0.6) is 0 Å². The normalized spacial score (nSPS) is 17.4. The van der Waals surface area contributed by atoms with Crippen molar-refractivity contribution < 1.29 is 4.79 Å². The molecule has 1 aliphatic carbocycles. The minimum absolute atomic E-state index is 0.0891. The molecule has 1 amide bonds. The van der Waals surface area contributed by atoms with Crippen molar-refractivity contribution in [3.63, 3.8) is 0 Å². The van der Waals surface area contributed by atoms with Crippen molar-refractivity contribution in [3.05, 3.63) is 23.2 Å². The third kappa shape index (κ3) is 4.05. The van der Waals surface area contributed by atoms with Crippen LogP contribution in [0.1, 0.15) is 32.6 Å². The quantitative estimate of drug-likeness (QED) is 0.661. The fourth-order valence-electron chi connectivity index (χ4n) is 2.26. The zero-order valence-corrected chi connectivity index (χ0v) is 12.6. The summed E-state index contributed by atoms with van der Waals surface area (Å²) in [6.07, 6.45) is 4.64. The number of nitrogens with one attached hydrogen (secondary N) is 1. The summed E-state index contributed by atoms with van der Waals surface area (Å²) in [7, 11) is 0. The van der Waals surface area contributed by atoms with Gasteiger partial charge in [0.15, 0.2) is 0 Å². The summed E-state index contributed by atoms with van der Waals surface area (Å²) < 4.78 is 0. The van der Waals surface area contributed by atoms with Crippen LogP contribution in [0, 0.1) is 0 Å². The summed E-state index contributed by atoms with van der Waals surface area (Å²) in [6, 6.07) is 5.73. The van der Waals surface area contributed by atoms with Crippen molar-refractivity contribution in [1.82, 2.24) is 5.32 Å². The van der Waals surface area contributed by atoms with Crippen LogP contribution in [-0.2, 0) is 4.79 Å². The molecule has 1 aromatic carbocycles. The highest BCUT2D eigenvalue weighted by Crippen LogP contribution is 2.31. The summed E-state index contributed by atoms with van der Waals surface area (Å²) in [5.41, 5.74) is 6.52. The van der Waals surface area contributed by atoms with Gasteiger partial charge in [0.05, 0.1) is 5.25 Å². The summed E-state index contributed by atoms with van der Waals surface area (Å²) in [6.45, 7) is 1.91.